The number of benzene rings is 2. The van der Waals surface area contributed by atoms with Crippen LogP contribution in [0.15, 0.2) is 53.7 Å². The second-order valence-electron chi connectivity index (χ2n) is 4.25. The summed E-state index contributed by atoms with van der Waals surface area (Å²) in [5, 5.41) is 3.93. The lowest BCUT2D eigenvalue weighted by molar-refractivity contribution is 0.213. The summed E-state index contributed by atoms with van der Waals surface area (Å²) in [4.78, 5) is 4.78. The Kier molecular flexibility index (Phi) is 3.78. The minimum absolute atomic E-state index is 0.883. The summed E-state index contributed by atoms with van der Waals surface area (Å²) in [5.41, 5.74) is 5.74. The van der Waals surface area contributed by atoms with Crippen LogP contribution in [0.5, 0.6) is 0 Å². The van der Waals surface area contributed by atoms with E-state index in [1.807, 2.05) is 6.92 Å². The van der Waals surface area contributed by atoms with Gasteiger partial charge in [-0.2, -0.15) is 0 Å². The Morgan fingerprint density at radius 3 is 2.28 bits per heavy atom. The number of rotatable bonds is 3. The molecule has 0 spiro atoms. The Balaban J connectivity index is 2.34. The van der Waals surface area contributed by atoms with Gasteiger partial charge in [0.25, 0.3) is 0 Å². The summed E-state index contributed by atoms with van der Waals surface area (Å²) in [7, 11) is 1.56. The molecule has 0 N–H and O–H groups in total. The highest BCUT2D eigenvalue weighted by Gasteiger charge is 2.02. The fourth-order valence-electron chi connectivity index (χ4n) is 1.98. The topological polar surface area (TPSA) is 21.6 Å². The number of oxime groups is 1. The van der Waals surface area contributed by atoms with Gasteiger partial charge in [0.05, 0.1) is 5.71 Å². The van der Waals surface area contributed by atoms with Crippen LogP contribution in [0.2, 0.25) is 0 Å². The molecule has 18 heavy (non-hydrogen) atoms. The maximum Gasteiger partial charge on any atom is 0.106 e. The molecule has 0 atom stereocenters. The van der Waals surface area contributed by atoms with Crippen molar-refractivity contribution in [2.75, 3.05) is 7.11 Å². The van der Waals surface area contributed by atoms with Crippen LogP contribution >= 0.6 is 0 Å². The first-order valence-corrected chi connectivity index (χ1v) is 5.96. The average molecular weight is 239 g/mol. The summed E-state index contributed by atoms with van der Waals surface area (Å²) in [6.07, 6.45) is 0. The van der Waals surface area contributed by atoms with Crippen LogP contribution in [0.3, 0.4) is 0 Å². The minimum atomic E-state index is 0.883. The SMILES string of the molecule is CON=C(C)c1ccc(-c2ccccc2C)cc1. The van der Waals surface area contributed by atoms with E-state index in [0.717, 1.165) is 11.3 Å². The third kappa shape index (κ3) is 2.59. The third-order valence-corrected chi connectivity index (χ3v) is 2.99. The fraction of sp³-hybridized carbons (Fsp3) is 0.188. The molecule has 2 aromatic carbocycles. The van der Waals surface area contributed by atoms with E-state index in [4.69, 9.17) is 4.84 Å². The van der Waals surface area contributed by atoms with Crippen molar-refractivity contribution in [3.63, 3.8) is 0 Å². The van der Waals surface area contributed by atoms with Gasteiger partial charge in [-0.1, -0.05) is 53.7 Å². The van der Waals surface area contributed by atoms with Gasteiger partial charge in [-0.25, -0.2) is 0 Å². The van der Waals surface area contributed by atoms with Crippen LogP contribution < -0.4 is 0 Å². The molecule has 2 aromatic rings. The minimum Gasteiger partial charge on any atom is -0.399 e. The smallest absolute Gasteiger partial charge is 0.106 e. The number of nitrogens with zero attached hydrogens (tertiary/aromatic N) is 1. The second kappa shape index (κ2) is 5.50. The quantitative estimate of drug-likeness (QED) is 0.585. The van der Waals surface area contributed by atoms with Gasteiger partial charge in [0, 0.05) is 0 Å². The summed E-state index contributed by atoms with van der Waals surface area (Å²) < 4.78 is 0. The molecule has 0 aliphatic heterocycles. The van der Waals surface area contributed by atoms with Crippen molar-refractivity contribution in [3.8, 4) is 11.1 Å². The van der Waals surface area contributed by atoms with E-state index in [1.54, 1.807) is 7.11 Å². The van der Waals surface area contributed by atoms with E-state index in [9.17, 15) is 0 Å². The largest absolute Gasteiger partial charge is 0.399 e. The molecule has 0 bridgehead atoms. The Hall–Kier alpha value is -2.09. The zero-order valence-corrected chi connectivity index (χ0v) is 11.0. The van der Waals surface area contributed by atoms with Crippen molar-refractivity contribution < 1.29 is 4.84 Å². The van der Waals surface area contributed by atoms with Gasteiger partial charge in [-0.05, 0) is 36.1 Å². The normalized spacial score (nSPS) is 11.4. The fourth-order valence-corrected chi connectivity index (χ4v) is 1.98. The van der Waals surface area contributed by atoms with Gasteiger partial charge < -0.3 is 4.84 Å². The van der Waals surface area contributed by atoms with E-state index >= 15 is 0 Å². The monoisotopic (exact) mass is 239 g/mol. The zero-order chi connectivity index (χ0) is 13.0. The molecule has 0 aliphatic rings. The zero-order valence-electron chi connectivity index (χ0n) is 11.0. The Morgan fingerprint density at radius 2 is 1.67 bits per heavy atom. The van der Waals surface area contributed by atoms with Gasteiger partial charge in [-0.3, -0.25) is 0 Å². The van der Waals surface area contributed by atoms with Gasteiger partial charge in [0.1, 0.15) is 7.11 Å². The highest BCUT2D eigenvalue weighted by atomic mass is 16.6. The number of hydrogen-bond donors (Lipinski definition) is 0. The molecular formula is C16H17NO. The van der Waals surface area contributed by atoms with Crippen molar-refractivity contribution in [1.82, 2.24) is 0 Å². The number of hydrogen-bond acceptors (Lipinski definition) is 2. The summed E-state index contributed by atoms with van der Waals surface area (Å²) >= 11 is 0. The molecule has 2 heteroatoms. The van der Waals surface area contributed by atoms with Crippen molar-refractivity contribution in [3.05, 3.63) is 59.7 Å². The van der Waals surface area contributed by atoms with Crippen LogP contribution in [-0.4, -0.2) is 12.8 Å². The summed E-state index contributed by atoms with van der Waals surface area (Å²) in [6, 6.07) is 16.8. The lowest BCUT2D eigenvalue weighted by atomic mass is 9.99. The molecule has 92 valence electrons. The third-order valence-electron chi connectivity index (χ3n) is 2.99. The lowest BCUT2D eigenvalue weighted by Gasteiger charge is -2.07. The van der Waals surface area contributed by atoms with E-state index in [0.29, 0.717) is 0 Å². The van der Waals surface area contributed by atoms with Gasteiger partial charge in [-0.15, -0.1) is 0 Å². The van der Waals surface area contributed by atoms with Gasteiger partial charge in [0.2, 0.25) is 0 Å². The molecule has 0 aromatic heterocycles. The first-order valence-electron chi connectivity index (χ1n) is 5.96. The lowest BCUT2D eigenvalue weighted by Crippen LogP contribution is -1.95. The molecule has 0 saturated carbocycles. The standard InChI is InChI=1S/C16H17NO/c1-12-6-4-5-7-16(12)15-10-8-14(9-11-15)13(2)17-18-3/h4-11H,1-3H3. The predicted octanol–water partition coefficient (Wildman–Crippen LogP) is 4.03. The summed E-state index contributed by atoms with van der Waals surface area (Å²) in [6.45, 7) is 4.06. The molecule has 0 aliphatic carbocycles. The maximum absolute atomic E-state index is 4.78. The molecule has 0 heterocycles. The van der Waals surface area contributed by atoms with Crippen LogP contribution in [0.4, 0.5) is 0 Å². The molecule has 0 amide bonds. The van der Waals surface area contributed by atoms with E-state index < -0.39 is 0 Å². The highest BCUT2D eigenvalue weighted by molar-refractivity contribution is 5.98. The Morgan fingerprint density at radius 1 is 1.00 bits per heavy atom. The van der Waals surface area contributed by atoms with Gasteiger partial charge in [0.15, 0.2) is 0 Å². The second-order valence-corrected chi connectivity index (χ2v) is 4.25. The Bertz CT molecular complexity index is 556. The molecule has 2 rings (SSSR count). The van der Waals surface area contributed by atoms with Crippen LogP contribution in [0.25, 0.3) is 11.1 Å². The maximum atomic E-state index is 4.78. The molecule has 2 nitrogen and oxygen atoms in total. The average Bonchev–Trinajstić information content (AvgIpc) is 2.40. The van der Waals surface area contributed by atoms with E-state index in [-0.39, 0.29) is 0 Å². The summed E-state index contributed by atoms with van der Waals surface area (Å²) in [5.74, 6) is 0. The predicted molar refractivity (Wildman–Crippen MR) is 75.8 cm³/mol. The van der Waals surface area contributed by atoms with Crippen LogP contribution in [-0.2, 0) is 4.84 Å². The van der Waals surface area contributed by atoms with Crippen molar-refractivity contribution >= 4 is 5.71 Å². The molecule has 0 radical (unpaired) electrons. The first-order chi connectivity index (χ1) is 8.72. The molecule has 0 saturated heterocycles. The highest BCUT2D eigenvalue weighted by Crippen LogP contribution is 2.23. The van der Waals surface area contributed by atoms with E-state index in [1.165, 1.54) is 16.7 Å². The van der Waals surface area contributed by atoms with E-state index in [2.05, 4.69) is 60.6 Å². The van der Waals surface area contributed by atoms with Crippen LogP contribution in [0, 0.1) is 6.92 Å². The Labute approximate surface area is 108 Å². The number of aryl methyl sites for hydroxylation is 1. The van der Waals surface area contributed by atoms with Crippen molar-refractivity contribution in [1.29, 1.82) is 0 Å². The van der Waals surface area contributed by atoms with Crippen molar-refractivity contribution in [2.45, 2.75) is 13.8 Å². The van der Waals surface area contributed by atoms with Crippen LogP contribution in [0.1, 0.15) is 18.1 Å². The molecular weight excluding hydrogens is 222 g/mol. The first kappa shape index (κ1) is 12.4. The molecule has 0 unspecified atom stereocenters. The van der Waals surface area contributed by atoms with Crippen molar-refractivity contribution in [2.24, 2.45) is 5.16 Å². The molecule has 0 fully saturated rings. The van der Waals surface area contributed by atoms with Gasteiger partial charge >= 0.3 is 0 Å².